The van der Waals surface area contributed by atoms with Gasteiger partial charge >= 0.3 is 5.97 Å². The fraction of sp³-hybridized carbons (Fsp3) is 0.300. The molecule has 2 N–H and O–H groups in total. The van der Waals surface area contributed by atoms with Crippen LogP contribution in [0.3, 0.4) is 0 Å². The number of ether oxygens (including phenoxy) is 1. The van der Waals surface area contributed by atoms with Crippen LogP contribution >= 0.6 is 12.4 Å². The second-order valence-corrected chi connectivity index (χ2v) is 2.95. The van der Waals surface area contributed by atoms with Crippen LogP contribution in [0, 0.1) is 0 Å². The SMILES string of the molecule is CC(=O)Oc1ccc([C@@H](C)N)cc1.Cl. The molecule has 0 bridgehead atoms. The van der Waals surface area contributed by atoms with Crippen LogP contribution in [0.15, 0.2) is 24.3 Å². The third-order valence-corrected chi connectivity index (χ3v) is 1.67. The average molecular weight is 216 g/mol. The zero-order valence-electron chi connectivity index (χ0n) is 8.19. The van der Waals surface area contributed by atoms with Crippen molar-refractivity contribution in [3.05, 3.63) is 29.8 Å². The second kappa shape index (κ2) is 5.62. The number of benzene rings is 1. The van der Waals surface area contributed by atoms with Crippen LogP contribution in [-0.4, -0.2) is 5.97 Å². The van der Waals surface area contributed by atoms with Crippen molar-refractivity contribution in [3.8, 4) is 5.75 Å². The highest BCUT2D eigenvalue weighted by atomic mass is 35.5. The Labute approximate surface area is 89.7 Å². The number of halogens is 1. The first-order valence-corrected chi connectivity index (χ1v) is 4.13. The lowest BCUT2D eigenvalue weighted by molar-refractivity contribution is -0.131. The number of hydrogen-bond acceptors (Lipinski definition) is 3. The van der Waals surface area contributed by atoms with E-state index in [1.165, 1.54) is 6.92 Å². The molecule has 0 heterocycles. The van der Waals surface area contributed by atoms with Gasteiger partial charge in [-0.2, -0.15) is 0 Å². The fourth-order valence-electron chi connectivity index (χ4n) is 1.01. The van der Waals surface area contributed by atoms with Crippen LogP contribution in [0.4, 0.5) is 0 Å². The molecular weight excluding hydrogens is 202 g/mol. The van der Waals surface area contributed by atoms with Gasteiger partial charge in [-0.25, -0.2) is 0 Å². The van der Waals surface area contributed by atoms with Crippen LogP contribution in [-0.2, 0) is 4.79 Å². The molecule has 0 aromatic heterocycles. The van der Waals surface area contributed by atoms with Crippen LogP contribution in [0.2, 0.25) is 0 Å². The van der Waals surface area contributed by atoms with Gasteiger partial charge in [-0.15, -0.1) is 12.4 Å². The Bertz CT molecular complexity index is 295. The Morgan fingerprint density at radius 2 is 1.86 bits per heavy atom. The van der Waals surface area contributed by atoms with E-state index in [4.69, 9.17) is 10.5 Å². The molecule has 1 aromatic rings. The first-order valence-electron chi connectivity index (χ1n) is 4.13. The Morgan fingerprint density at radius 1 is 1.36 bits per heavy atom. The van der Waals surface area contributed by atoms with E-state index in [-0.39, 0.29) is 24.4 Å². The molecule has 0 aliphatic rings. The zero-order valence-corrected chi connectivity index (χ0v) is 9.01. The van der Waals surface area contributed by atoms with Gasteiger partial charge in [0.05, 0.1) is 0 Å². The summed E-state index contributed by atoms with van der Waals surface area (Å²) in [5.74, 6) is 0.241. The summed E-state index contributed by atoms with van der Waals surface area (Å²) in [6, 6.07) is 7.18. The van der Waals surface area contributed by atoms with E-state index in [0.29, 0.717) is 5.75 Å². The summed E-state index contributed by atoms with van der Waals surface area (Å²) in [6.07, 6.45) is 0. The molecule has 1 rings (SSSR count). The quantitative estimate of drug-likeness (QED) is 0.607. The standard InChI is InChI=1S/C10H13NO2.ClH/c1-7(11)9-3-5-10(6-4-9)13-8(2)12;/h3-7H,11H2,1-2H3;1H/t7-;/m1./s1. The van der Waals surface area contributed by atoms with Crippen molar-refractivity contribution >= 4 is 18.4 Å². The Morgan fingerprint density at radius 3 is 2.21 bits per heavy atom. The number of nitrogens with two attached hydrogens (primary N) is 1. The van der Waals surface area contributed by atoms with Gasteiger partial charge < -0.3 is 10.5 Å². The highest BCUT2D eigenvalue weighted by Gasteiger charge is 2.00. The van der Waals surface area contributed by atoms with Gasteiger partial charge in [0.15, 0.2) is 0 Å². The average Bonchev–Trinajstić information content (AvgIpc) is 2.04. The summed E-state index contributed by atoms with van der Waals surface area (Å²) in [5, 5.41) is 0. The Balaban J connectivity index is 0.00000169. The Hall–Kier alpha value is -1.06. The normalized spacial score (nSPS) is 11.4. The van der Waals surface area contributed by atoms with Crippen molar-refractivity contribution < 1.29 is 9.53 Å². The van der Waals surface area contributed by atoms with Crippen LogP contribution in [0.5, 0.6) is 5.75 Å². The maximum Gasteiger partial charge on any atom is 0.308 e. The summed E-state index contributed by atoms with van der Waals surface area (Å²) in [6.45, 7) is 3.28. The largest absolute Gasteiger partial charge is 0.427 e. The van der Waals surface area contributed by atoms with Crippen LogP contribution in [0.1, 0.15) is 25.5 Å². The Kier molecular flexibility index (Phi) is 5.20. The van der Waals surface area contributed by atoms with Crippen molar-refractivity contribution in [2.75, 3.05) is 0 Å². The van der Waals surface area contributed by atoms with E-state index in [0.717, 1.165) is 5.56 Å². The maximum atomic E-state index is 10.6. The number of esters is 1. The number of carbonyl (C=O) groups is 1. The number of rotatable bonds is 2. The molecule has 0 spiro atoms. The fourth-order valence-corrected chi connectivity index (χ4v) is 1.01. The minimum absolute atomic E-state index is 0. The zero-order chi connectivity index (χ0) is 9.84. The smallest absolute Gasteiger partial charge is 0.308 e. The molecule has 1 aromatic carbocycles. The van der Waals surface area contributed by atoms with Gasteiger partial charge in [-0.05, 0) is 24.6 Å². The first kappa shape index (κ1) is 12.9. The van der Waals surface area contributed by atoms with E-state index in [1.807, 2.05) is 19.1 Å². The van der Waals surface area contributed by atoms with Crippen molar-refractivity contribution in [1.29, 1.82) is 0 Å². The predicted octanol–water partition coefficient (Wildman–Crippen LogP) is 2.05. The summed E-state index contributed by atoms with van der Waals surface area (Å²) >= 11 is 0. The lowest BCUT2D eigenvalue weighted by Crippen LogP contribution is -2.05. The van der Waals surface area contributed by atoms with Gasteiger partial charge in [-0.3, -0.25) is 4.79 Å². The highest BCUT2D eigenvalue weighted by Crippen LogP contribution is 2.15. The van der Waals surface area contributed by atoms with E-state index < -0.39 is 0 Å². The molecular formula is C10H14ClNO2. The summed E-state index contributed by atoms with van der Waals surface area (Å²) < 4.78 is 4.87. The third-order valence-electron chi connectivity index (χ3n) is 1.67. The predicted molar refractivity (Wildman–Crippen MR) is 57.6 cm³/mol. The molecule has 14 heavy (non-hydrogen) atoms. The summed E-state index contributed by atoms with van der Waals surface area (Å²) in [7, 11) is 0. The van der Waals surface area contributed by atoms with Crippen molar-refractivity contribution in [2.45, 2.75) is 19.9 Å². The van der Waals surface area contributed by atoms with Gasteiger partial charge in [0.25, 0.3) is 0 Å². The third kappa shape index (κ3) is 3.77. The van der Waals surface area contributed by atoms with E-state index >= 15 is 0 Å². The summed E-state index contributed by atoms with van der Waals surface area (Å²) in [5.41, 5.74) is 6.68. The molecule has 0 amide bonds. The topological polar surface area (TPSA) is 52.3 Å². The molecule has 0 saturated heterocycles. The molecule has 78 valence electrons. The minimum Gasteiger partial charge on any atom is -0.427 e. The van der Waals surface area contributed by atoms with Crippen molar-refractivity contribution in [1.82, 2.24) is 0 Å². The van der Waals surface area contributed by atoms with Crippen molar-refractivity contribution in [3.63, 3.8) is 0 Å². The second-order valence-electron chi connectivity index (χ2n) is 2.95. The summed E-state index contributed by atoms with van der Waals surface area (Å²) in [4.78, 5) is 10.6. The monoisotopic (exact) mass is 215 g/mol. The molecule has 0 fully saturated rings. The molecule has 0 aliphatic carbocycles. The molecule has 3 nitrogen and oxygen atoms in total. The van der Waals surface area contributed by atoms with Crippen LogP contribution < -0.4 is 10.5 Å². The minimum atomic E-state index is -0.312. The lowest BCUT2D eigenvalue weighted by atomic mass is 10.1. The molecule has 0 radical (unpaired) electrons. The van der Waals surface area contributed by atoms with Gasteiger partial charge in [0.1, 0.15) is 5.75 Å². The molecule has 0 aliphatic heterocycles. The van der Waals surface area contributed by atoms with E-state index in [2.05, 4.69) is 0 Å². The van der Waals surface area contributed by atoms with E-state index in [1.54, 1.807) is 12.1 Å². The number of hydrogen-bond donors (Lipinski definition) is 1. The van der Waals surface area contributed by atoms with Crippen molar-refractivity contribution in [2.24, 2.45) is 5.73 Å². The lowest BCUT2D eigenvalue weighted by Gasteiger charge is -2.06. The first-order chi connectivity index (χ1) is 6.09. The molecule has 0 unspecified atom stereocenters. The molecule has 4 heteroatoms. The number of carbonyl (C=O) groups excluding carboxylic acids is 1. The van der Waals surface area contributed by atoms with E-state index in [9.17, 15) is 4.79 Å². The highest BCUT2D eigenvalue weighted by molar-refractivity contribution is 5.85. The maximum absolute atomic E-state index is 10.6. The van der Waals surface area contributed by atoms with Crippen LogP contribution in [0.25, 0.3) is 0 Å². The van der Waals surface area contributed by atoms with Gasteiger partial charge in [0, 0.05) is 13.0 Å². The molecule has 0 saturated carbocycles. The van der Waals surface area contributed by atoms with Gasteiger partial charge in [0.2, 0.25) is 0 Å². The van der Waals surface area contributed by atoms with Gasteiger partial charge in [-0.1, -0.05) is 12.1 Å². The molecule has 1 atom stereocenters.